The Bertz CT molecular complexity index is 276. The number of benzene rings is 1. The quantitative estimate of drug-likeness (QED) is 0.755. The zero-order valence-corrected chi connectivity index (χ0v) is 8.89. The summed E-state index contributed by atoms with van der Waals surface area (Å²) in [6.07, 6.45) is 2.38. The van der Waals surface area contributed by atoms with Gasteiger partial charge in [-0.1, -0.05) is 18.2 Å². The molecule has 2 nitrogen and oxygen atoms in total. The second-order valence-corrected chi connectivity index (χ2v) is 4.02. The van der Waals surface area contributed by atoms with Crippen molar-refractivity contribution in [3.63, 3.8) is 0 Å². The number of para-hydroxylation sites is 1. The molecule has 0 saturated carbocycles. The molecule has 1 aliphatic heterocycles. The summed E-state index contributed by atoms with van der Waals surface area (Å²) in [5.74, 6) is 1.46. The molecule has 1 heterocycles. The van der Waals surface area contributed by atoms with Crippen LogP contribution in [0.1, 0.15) is 12.8 Å². The van der Waals surface area contributed by atoms with Crippen molar-refractivity contribution in [2.75, 3.05) is 13.2 Å². The highest BCUT2D eigenvalue weighted by Crippen LogP contribution is 2.19. The molecule has 1 aromatic rings. The fraction of sp³-hybridized carbons (Fsp3) is 0.462. The third kappa shape index (κ3) is 3.24. The van der Waals surface area contributed by atoms with Crippen LogP contribution in [-0.2, 0) is 4.74 Å². The van der Waals surface area contributed by atoms with Crippen molar-refractivity contribution in [3.05, 3.63) is 37.3 Å². The van der Waals surface area contributed by atoms with Crippen LogP contribution in [0.3, 0.4) is 0 Å². The molecule has 2 heteroatoms. The minimum absolute atomic E-state index is 0.179. The molecular formula is C13H17O2. The van der Waals surface area contributed by atoms with Crippen LogP contribution in [0.5, 0.6) is 5.75 Å². The monoisotopic (exact) mass is 205 g/mol. The molecule has 2 rings (SSSR count). The summed E-state index contributed by atoms with van der Waals surface area (Å²) >= 11 is 0. The van der Waals surface area contributed by atoms with Crippen molar-refractivity contribution in [2.45, 2.75) is 18.9 Å². The molecule has 1 aromatic carbocycles. The minimum atomic E-state index is 0.179. The highest BCUT2D eigenvalue weighted by molar-refractivity contribution is 5.20. The Kier molecular flexibility index (Phi) is 3.62. The van der Waals surface area contributed by atoms with Crippen LogP contribution < -0.4 is 4.74 Å². The van der Waals surface area contributed by atoms with Gasteiger partial charge in [0.1, 0.15) is 5.75 Å². The first-order valence-corrected chi connectivity index (χ1v) is 5.47. The van der Waals surface area contributed by atoms with E-state index in [-0.39, 0.29) is 6.10 Å². The van der Waals surface area contributed by atoms with E-state index < -0.39 is 0 Å². The standard InChI is InChI=1S/C13H17O2/c1-11-7-8-12(9-14-11)10-15-13-5-3-2-4-6-13/h2-6,11-12H,1,7-10H2. The van der Waals surface area contributed by atoms with Crippen molar-refractivity contribution in [1.29, 1.82) is 0 Å². The maximum Gasteiger partial charge on any atom is 0.119 e. The van der Waals surface area contributed by atoms with Crippen LogP contribution in [0.4, 0.5) is 0 Å². The SMILES string of the molecule is [CH2]C1CCC(COc2ccccc2)CO1. The Labute approximate surface area is 91.2 Å². The first-order valence-electron chi connectivity index (χ1n) is 5.47. The second-order valence-electron chi connectivity index (χ2n) is 4.02. The summed E-state index contributed by atoms with van der Waals surface area (Å²) in [5.41, 5.74) is 0. The first kappa shape index (κ1) is 10.5. The lowest BCUT2D eigenvalue weighted by Crippen LogP contribution is -2.27. The Balaban J connectivity index is 1.74. The predicted molar refractivity (Wildman–Crippen MR) is 59.8 cm³/mol. The number of hydrogen-bond donors (Lipinski definition) is 0. The number of ether oxygens (including phenoxy) is 2. The van der Waals surface area contributed by atoms with E-state index in [0.29, 0.717) is 5.92 Å². The Hall–Kier alpha value is -1.02. The zero-order chi connectivity index (χ0) is 10.5. The fourth-order valence-corrected chi connectivity index (χ4v) is 1.72. The Morgan fingerprint density at radius 2 is 2.07 bits per heavy atom. The molecule has 1 fully saturated rings. The van der Waals surface area contributed by atoms with E-state index in [0.717, 1.165) is 31.8 Å². The predicted octanol–water partition coefficient (Wildman–Crippen LogP) is 2.69. The van der Waals surface area contributed by atoms with E-state index in [9.17, 15) is 0 Å². The molecule has 0 N–H and O–H groups in total. The normalized spacial score (nSPS) is 26.2. The summed E-state index contributed by atoms with van der Waals surface area (Å²) in [5, 5.41) is 0. The second kappa shape index (κ2) is 5.17. The van der Waals surface area contributed by atoms with Crippen LogP contribution >= 0.6 is 0 Å². The molecule has 81 valence electrons. The summed E-state index contributed by atoms with van der Waals surface area (Å²) in [6, 6.07) is 9.92. The summed E-state index contributed by atoms with van der Waals surface area (Å²) in [7, 11) is 0. The van der Waals surface area contributed by atoms with Crippen molar-refractivity contribution < 1.29 is 9.47 Å². The van der Waals surface area contributed by atoms with Crippen LogP contribution in [0.15, 0.2) is 30.3 Å². The molecule has 15 heavy (non-hydrogen) atoms. The third-order valence-electron chi connectivity index (χ3n) is 2.69. The molecule has 2 atom stereocenters. The fourth-order valence-electron chi connectivity index (χ4n) is 1.72. The third-order valence-corrected chi connectivity index (χ3v) is 2.69. The van der Waals surface area contributed by atoms with Crippen molar-refractivity contribution >= 4 is 0 Å². The van der Waals surface area contributed by atoms with Gasteiger partial charge in [-0.2, -0.15) is 0 Å². The van der Waals surface area contributed by atoms with E-state index in [1.54, 1.807) is 0 Å². The van der Waals surface area contributed by atoms with E-state index in [1.165, 1.54) is 0 Å². The lowest BCUT2D eigenvalue weighted by molar-refractivity contribution is -0.00440. The van der Waals surface area contributed by atoms with Gasteiger partial charge < -0.3 is 9.47 Å². The van der Waals surface area contributed by atoms with Crippen molar-refractivity contribution in [3.8, 4) is 5.75 Å². The maximum atomic E-state index is 5.68. The molecule has 0 amide bonds. The van der Waals surface area contributed by atoms with Crippen LogP contribution in [-0.4, -0.2) is 19.3 Å². The smallest absolute Gasteiger partial charge is 0.119 e. The first-order chi connectivity index (χ1) is 7.34. The van der Waals surface area contributed by atoms with Crippen molar-refractivity contribution in [2.24, 2.45) is 5.92 Å². The molecule has 0 bridgehead atoms. The van der Waals surface area contributed by atoms with E-state index in [1.807, 2.05) is 30.3 Å². The average molecular weight is 205 g/mol. The van der Waals surface area contributed by atoms with Gasteiger partial charge in [-0.3, -0.25) is 0 Å². The number of rotatable bonds is 3. The molecule has 0 aromatic heterocycles. The Morgan fingerprint density at radius 1 is 1.27 bits per heavy atom. The maximum absolute atomic E-state index is 5.68. The van der Waals surface area contributed by atoms with E-state index >= 15 is 0 Å². The van der Waals surface area contributed by atoms with Gasteiger partial charge in [-0.25, -0.2) is 0 Å². The van der Waals surface area contributed by atoms with Gasteiger partial charge in [0.05, 0.1) is 19.3 Å². The van der Waals surface area contributed by atoms with Gasteiger partial charge in [0.2, 0.25) is 0 Å². The van der Waals surface area contributed by atoms with Gasteiger partial charge in [0.15, 0.2) is 0 Å². The molecule has 0 aliphatic carbocycles. The lowest BCUT2D eigenvalue weighted by atomic mass is 10.00. The highest BCUT2D eigenvalue weighted by atomic mass is 16.5. The van der Waals surface area contributed by atoms with Crippen LogP contribution in [0.2, 0.25) is 0 Å². The molecule has 1 radical (unpaired) electrons. The van der Waals surface area contributed by atoms with Gasteiger partial charge in [0, 0.05) is 5.92 Å². The average Bonchev–Trinajstić information content (AvgIpc) is 2.30. The lowest BCUT2D eigenvalue weighted by Gasteiger charge is -2.26. The summed E-state index contributed by atoms with van der Waals surface area (Å²) in [4.78, 5) is 0. The molecular weight excluding hydrogens is 188 g/mol. The van der Waals surface area contributed by atoms with Gasteiger partial charge >= 0.3 is 0 Å². The van der Waals surface area contributed by atoms with Crippen LogP contribution in [0.25, 0.3) is 0 Å². The van der Waals surface area contributed by atoms with E-state index in [4.69, 9.17) is 9.47 Å². The summed E-state index contributed by atoms with van der Waals surface area (Å²) in [6.45, 7) is 5.41. The Morgan fingerprint density at radius 3 is 2.73 bits per heavy atom. The van der Waals surface area contributed by atoms with Gasteiger partial charge in [-0.15, -0.1) is 0 Å². The molecule has 1 saturated heterocycles. The van der Waals surface area contributed by atoms with Crippen molar-refractivity contribution in [1.82, 2.24) is 0 Å². The molecule has 2 unspecified atom stereocenters. The highest BCUT2D eigenvalue weighted by Gasteiger charge is 2.18. The summed E-state index contributed by atoms with van der Waals surface area (Å²) < 4.78 is 11.2. The molecule has 0 spiro atoms. The van der Waals surface area contributed by atoms with Crippen LogP contribution in [0, 0.1) is 12.8 Å². The zero-order valence-electron chi connectivity index (χ0n) is 8.89. The van der Waals surface area contributed by atoms with E-state index in [2.05, 4.69) is 6.92 Å². The minimum Gasteiger partial charge on any atom is -0.493 e. The number of hydrogen-bond acceptors (Lipinski definition) is 2. The van der Waals surface area contributed by atoms with Gasteiger partial charge in [0.25, 0.3) is 0 Å². The topological polar surface area (TPSA) is 18.5 Å². The molecule has 1 aliphatic rings. The largest absolute Gasteiger partial charge is 0.493 e. The van der Waals surface area contributed by atoms with Gasteiger partial charge in [-0.05, 0) is 31.9 Å².